The van der Waals surface area contributed by atoms with Crippen molar-refractivity contribution in [2.24, 2.45) is 5.41 Å². The molecule has 1 aliphatic rings. The van der Waals surface area contributed by atoms with Crippen molar-refractivity contribution in [2.75, 3.05) is 25.9 Å². The zero-order valence-corrected chi connectivity index (χ0v) is 9.77. The van der Waals surface area contributed by atoms with E-state index in [4.69, 9.17) is 0 Å². The normalized spacial score (nSPS) is 20.8. The van der Waals surface area contributed by atoms with Crippen LogP contribution in [0.25, 0.3) is 0 Å². The summed E-state index contributed by atoms with van der Waals surface area (Å²) in [7, 11) is 2.07. The van der Waals surface area contributed by atoms with Crippen molar-refractivity contribution < 1.29 is 5.11 Å². The molecule has 0 aromatic carbocycles. The minimum atomic E-state index is -0.582. The summed E-state index contributed by atoms with van der Waals surface area (Å²) in [6, 6.07) is 0. The van der Waals surface area contributed by atoms with Crippen LogP contribution in [0.1, 0.15) is 26.7 Å². The molecule has 0 amide bonds. The third kappa shape index (κ3) is 3.88. The van der Waals surface area contributed by atoms with Gasteiger partial charge in [0.1, 0.15) is 0 Å². The van der Waals surface area contributed by atoms with E-state index < -0.39 is 5.60 Å². The summed E-state index contributed by atoms with van der Waals surface area (Å²) < 4.78 is 0. The van der Waals surface area contributed by atoms with E-state index in [1.165, 1.54) is 12.8 Å². The molecule has 78 valence electrons. The molecule has 2 nitrogen and oxygen atoms in total. The van der Waals surface area contributed by atoms with Gasteiger partial charge in [-0.2, -0.15) is 12.6 Å². The highest BCUT2D eigenvalue weighted by molar-refractivity contribution is 7.80. The van der Waals surface area contributed by atoms with Crippen LogP contribution in [0.5, 0.6) is 0 Å². The maximum absolute atomic E-state index is 9.62. The lowest BCUT2D eigenvalue weighted by Gasteiger charge is -2.28. The maximum atomic E-state index is 9.62. The molecule has 3 heteroatoms. The molecule has 0 aliphatic heterocycles. The number of rotatable bonds is 5. The van der Waals surface area contributed by atoms with Crippen molar-refractivity contribution in [3.63, 3.8) is 0 Å². The number of nitrogens with zero attached hydrogens (tertiary/aromatic N) is 1. The molecule has 0 spiro atoms. The van der Waals surface area contributed by atoms with Crippen LogP contribution in [0.3, 0.4) is 0 Å². The van der Waals surface area contributed by atoms with E-state index in [0.29, 0.717) is 5.41 Å². The zero-order valence-electron chi connectivity index (χ0n) is 8.88. The van der Waals surface area contributed by atoms with Crippen LogP contribution in [-0.2, 0) is 0 Å². The fraction of sp³-hybridized carbons (Fsp3) is 1.00. The van der Waals surface area contributed by atoms with Crippen molar-refractivity contribution in [3.8, 4) is 0 Å². The van der Waals surface area contributed by atoms with Crippen LogP contribution in [0.2, 0.25) is 0 Å². The largest absolute Gasteiger partial charge is 0.389 e. The van der Waals surface area contributed by atoms with Gasteiger partial charge in [0, 0.05) is 13.1 Å². The topological polar surface area (TPSA) is 23.5 Å². The van der Waals surface area contributed by atoms with Gasteiger partial charge in [-0.05, 0) is 44.9 Å². The summed E-state index contributed by atoms with van der Waals surface area (Å²) in [5, 5.41) is 9.62. The second-order valence-electron chi connectivity index (χ2n) is 5.14. The van der Waals surface area contributed by atoms with E-state index in [-0.39, 0.29) is 0 Å². The van der Waals surface area contributed by atoms with Crippen LogP contribution < -0.4 is 0 Å². The Balaban J connectivity index is 2.29. The Kier molecular flexibility index (Phi) is 3.31. The third-order valence-corrected chi connectivity index (χ3v) is 3.23. The summed E-state index contributed by atoms with van der Waals surface area (Å²) in [5.41, 5.74) is -0.120. The molecule has 1 rings (SSSR count). The van der Waals surface area contributed by atoms with Crippen LogP contribution >= 0.6 is 12.6 Å². The molecule has 13 heavy (non-hydrogen) atoms. The third-order valence-electron chi connectivity index (χ3n) is 2.55. The van der Waals surface area contributed by atoms with E-state index in [2.05, 4.69) is 24.6 Å². The van der Waals surface area contributed by atoms with Crippen molar-refractivity contribution >= 4 is 12.6 Å². The van der Waals surface area contributed by atoms with Crippen molar-refractivity contribution in [1.82, 2.24) is 4.90 Å². The Hall–Kier alpha value is 0.270. The van der Waals surface area contributed by atoms with Gasteiger partial charge < -0.3 is 10.0 Å². The number of thiol groups is 1. The monoisotopic (exact) mass is 203 g/mol. The first kappa shape index (κ1) is 11.3. The van der Waals surface area contributed by atoms with Crippen molar-refractivity contribution in [2.45, 2.75) is 32.3 Å². The fourth-order valence-corrected chi connectivity index (χ4v) is 2.25. The van der Waals surface area contributed by atoms with Gasteiger partial charge in [-0.3, -0.25) is 0 Å². The standard InChI is InChI=1S/C10H21NOS/c1-9(2,12)6-11(3)7-10(8-13)4-5-10/h12-13H,4-8H2,1-3H3. The molecular formula is C10H21NOS. The fourth-order valence-electron chi connectivity index (χ4n) is 1.83. The average molecular weight is 203 g/mol. The molecule has 0 aromatic heterocycles. The number of likely N-dealkylation sites (N-methyl/N-ethyl adjacent to an activating group) is 1. The summed E-state index contributed by atoms with van der Waals surface area (Å²) in [4.78, 5) is 2.21. The zero-order chi connectivity index (χ0) is 10.1. The van der Waals surface area contributed by atoms with Crippen LogP contribution in [0.15, 0.2) is 0 Å². The van der Waals surface area contributed by atoms with Crippen molar-refractivity contribution in [1.29, 1.82) is 0 Å². The molecule has 0 unspecified atom stereocenters. The molecule has 1 aliphatic carbocycles. The quantitative estimate of drug-likeness (QED) is 0.660. The lowest BCUT2D eigenvalue weighted by molar-refractivity contribution is 0.0399. The SMILES string of the molecule is CN(CC(C)(C)O)CC1(CS)CC1. The second-order valence-corrected chi connectivity index (χ2v) is 5.46. The van der Waals surface area contributed by atoms with Gasteiger partial charge in [0.2, 0.25) is 0 Å². The molecule has 0 saturated heterocycles. The molecule has 0 aromatic rings. The molecule has 0 radical (unpaired) electrons. The van der Waals surface area contributed by atoms with Gasteiger partial charge in [0.05, 0.1) is 5.60 Å². The predicted molar refractivity (Wildman–Crippen MR) is 59.3 cm³/mol. The van der Waals surface area contributed by atoms with Crippen molar-refractivity contribution in [3.05, 3.63) is 0 Å². The number of aliphatic hydroxyl groups is 1. The smallest absolute Gasteiger partial charge is 0.0718 e. The summed E-state index contributed by atoms with van der Waals surface area (Å²) in [6.07, 6.45) is 2.60. The van der Waals surface area contributed by atoms with Gasteiger partial charge in [-0.25, -0.2) is 0 Å². The summed E-state index contributed by atoms with van der Waals surface area (Å²) in [5.74, 6) is 0.975. The number of hydrogen-bond acceptors (Lipinski definition) is 3. The highest BCUT2D eigenvalue weighted by atomic mass is 32.1. The lowest BCUT2D eigenvalue weighted by atomic mass is 10.1. The van der Waals surface area contributed by atoms with Gasteiger partial charge in [0.15, 0.2) is 0 Å². The van der Waals surface area contributed by atoms with Gasteiger partial charge in [-0.1, -0.05) is 0 Å². The Labute approximate surface area is 86.7 Å². The Morgan fingerprint density at radius 1 is 1.46 bits per heavy atom. The van der Waals surface area contributed by atoms with Gasteiger partial charge in [-0.15, -0.1) is 0 Å². The van der Waals surface area contributed by atoms with E-state index >= 15 is 0 Å². The molecule has 1 saturated carbocycles. The van der Waals surface area contributed by atoms with E-state index in [1.54, 1.807) is 0 Å². The first-order chi connectivity index (χ1) is 5.87. The summed E-state index contributed by atoms with van der Waals surface area (Å²) >= 11 is 4.36. The average Bonchev–Trinajstić information content (AvgIpc) is 2.65. The van der Waals surface area contributed by atoms with Gasteiger partial charge >= 0.3 is 0 Å². The van der Waals surface area contributed by atoms with Crippen LogP contribution in [-0.4, -0.2) is 41.5 Å². The summed E-state index contributed by atoms with van der Waals surface area (Å²) in [6.45, 7) is 5.51. The van der Waals surface area contributed by atoms with Crippen LogP contribution in [0.4, 0.5) is 0 Å². The van der Waals surface area contributed by atoms with Gasteiger partial charge in [0.25, 0.3) is 0 Å². The lowest BCUT2D eigenvalue weighted by Crippen LogP contribution is -2.39. The molecule has 0 heterocycles. The first-order valence-electron chi connectivity index (χ1n) is 4.89. The number of hydrogen-bond donors (Lipinski definition) is 2. The molecule has 1 fully saturated rings. The molecular weight excluding hydrogens is 182 g/mol. The molecule has 0 bridgehead atoms. The Morgan fingerprint density at radius 3 is 2.31 bits per heavy atom. The Morgan fingerprint density at radius 2 is 2.00 bits per heavy atom. The Bertz CT molecular complexity index is 172. The van der Waals surface area contributed by atoms with E-state index in [0.717, 1.165) is 18.8 Å². The maximum Gasteiger partial charge on any atom is 0.0718 e. The molecule has 1 N–H and O–H groups in total. The highest BCUT2D eigenvalue weighted by Gasteiger charge is 2.42. The van der Waals surface area contributed by atoms with E-state index in [1.807, 2.05) is 13.8 Å². The molecule has 0 atom stereocenters. The highest BCUT2D eigenvalue weighted by Crippen LogP contribution is 2.46. The van der Waals surface area contributed by atoms with E-state index in [9.17, 15) is 5.11 Å². The minimum absolute atomic E-state index is 0.461. The predicted octanol–water partition coefficient (Wildman–Crippen LogP) is 1.40. The first-order valence-corrected chi connectivity index (χ1v) is 5.52. The second kappa shape index (κ2) is 3.79. The van der Waals surface area contributed by atoms with Crippen LogP contribution in [0, 0.1) is 5.41 Å². The minimum Gasteiger partial charge on any atom is -0.389 e.